The van der Waals surface area contributed by atoms with Crippen LogP contribution in [0.3, 0.4) is 0 Å². The molecule has 90 valence electrons. The normalized spacial score (nSPS) is 30.4. The molecule has 0 saturated heterocycles. The number of ether oxygens (including phenoxy) is 1. The number of methoxy groups -OCH3 is 1. The second kappa shape index (κ2) is 6.46. The van der Waals surface area contributed by atoms with Crippen molar-refractivity contribution in [3.8, 4) is 0 Å². The second-order valence-electron chi connectivity index (χ2n) is 5.02. The van der Waals surface area contributed by atoms with Crippen LogP contribution in [-0.2, 0) is 4.74 Å². The molecule has 1 saturated carbocycles. The van der Waals surface area contributed by atoms with E-state index >= 15 is 0 Å². The third kappa shape index (κ3) is 3.44. The van der Waals surface area contributed by atoms with Crippen LogP contribution in [-0.4, -0.2) is 19.8 Å². The highest BCUT2D eigenvalue weighted by Gasteiger charge is 2.33. The van der Waals surface area contributed by atoms with Crippen LogP contribution < -0.4 is 11.3 Å². The lowest BCUT2D eigenvalue weighted by Crippen LogP contribution is -2.46. The Morgan fingerprint density at radius 1 is 1.47 bits per heavy atom. The maximum Gasteiger partial charge on any atom is 0.0465 e. The van der Waals surface area contributed by atoms with Crippen molar-refractivity contribution in [2.45, 2.75) is 45.6 Å². The Balaban J connectivity index is 2.46. The molecule has 0 radical (unpaired) electrons. The summed E-state index contributed by atoms with van der Waals surface area (Å²) in [6.07, 6.45) is 5.14. The molecule has 4 unspecified atom stereocenters. The molecule has 3 nitrogen and oxygen atoms in total. The van der Waals surface area contributed by atoms with Crippen molar-refractivity contribution in [1.82, 2.24) is 5.43 Å². The van der Waals surface area contributed by atoms with Gasteiger partial charge < -0.3 is 4.74 Å². The smallest absolute Gasteiger partial charge is 0.0465 e. The summed E-state index contributed by atoms with van der Waals surface area (Å²) in [5.74, 6) is 7.86. The molecule has 1 fully saturated rings. The van der Waals surface area contributed by atoms with Crippen LogP contribution in [0.4, 0.5) is 0 Å². The van der Waals surface area contributed by atoms with Gasteiger partial charge in [0, 0.05) is 19.8 Å². The van der Waals surface area contributed by atoms with Gasteiger partial charge in [0.2, 0.25) is 0 Å². The average Bonchev–Trinajstić information content (AvgIpc) is 2.63. The van der Waals surface area contributed by atoms with Crippen molar-refractivity contribution >= 4 is 0 Å². The molecule has 1 aliphatic carbocycles. The molecule has 3 heteroatoms. The lowest BCUT2D eigenvalue weighted by Gasteiger charge is -2.31. The molecule has 1 aliphatic rings. The molecule has 0 heterocycles. The first-order valence-corrected chi connectivity index (χ1v) is 6.15. The number of nitrogens with one attached hydrogen (secondary N) is 1. The van der Waals surface area contributed by atoms with E-state index in [2.05, 4.69) is 19.3 Å². The topological polar surface area (TPSA) is 47.3 Å². The molecule has 0 aromatic rings. The Kier molecular flexibility index (Phi) is 5.58. The Morgan fingerprint density at radius 2 is 2.20 bits per heavy atom. The molecule has 1 rings (SSSR count). The number of hydrogen-bond donors (Lipinski definition) is 2. The third-order valence-corrected chi connectivity index (χ3v) is 3.97. The van der Waals surface area contributed by atoms with Gasteiger partial charge in [0.1, 0.15) is 0 Å². The van der Waals surface area contributed by atoms with Crippen molar-refractivity contribution in [3.63, 3.8) is 0 Å². The average molecular weight is 214 g/mol. The van der Waals surface area contributed by atoms with Crippen LogP contribution in [0.15, 0.2) is 0 Å². The summed E-state index contributed by atoms with van der Waals surface area (Å²) in [4.78, 5) is 0. The number of hydrogen-bond acceptors (Lipinski definition) is 3. The molecule has 4 atom stereocenters. The first-order chi connectivity index (χ1) is 7.20. The van der Waals surface area contributed by atoms with E-state index in [4.69, 9.17) is 10.6 Å². The fourth-order valence-corrected chi connectivity index (χ4v) is 2.90. The minimum absolute atomic E-state index is 0.456. The van der Waals surface area contributed by atoms with E-state index in [1.165, 1.54) is 19.3 Å². The number of hydrazine groups is 1. The largest absolute Gasteiger partial charge is 0.385 e. The van der Waals surface area contributed by atoms with Crippen LogP contribution in [0.5, 0.6) is 0 Å². The lowest BCUT2D eigenvalue weighted by atomic mass is 9.82. The summed E-state index contributed by atoms with van der Waals surface area (Å²) in [6.45, 7) is 5.46. The van der Waals surface area contributed by atoms with Crippen LogP contribution in [0, 0.1) is 17.8 Å². The summed E-state index contributed by atoms with van der Waals surface area (Å²) in [6, 6.07) is 0.456. The van der Waals surface area contributed by atoms with Gasteiger partial charge in [-0.2, -0.15) is 0 Å². The Labute approximate surface area is 93.7 Å². The fourth-order valence-electron chi connectivity index (χ4n) is 2.90. The van der Waals surface area contributed by atoms with Crippen molar-refractivity contribution in [3.05, 3.63) is 0 Å². The monoisotopic (exact) mass is 214 g/mol. The summed E-state index contributed by atoms with van der Waals surface area (Å²) < 4.78 is 5.13. The highest BCUT2D eigenvalue weighted by molar-refractivity contribution is 4.86. The molecular weight excluding hydrogens is 188 g/mol. The zero-order valence-corrected chi connectivity index (χ0v) is 10.3. The Bertz CT molecular complexity index is 175. The molecule has 0 aromatic heterocycles. The SMILES string of the molecule is COCCC(C)C(NN)C1CCCC1C. The highest BCUT2D eigenvalue weighted by atomic mass is 16.5. The third-order valence-electron chi connectivity index (χ3n) is 3.97. The maximum absolute atomic E-state index is 5.70. The minimum Gasteiger partial charge on any atom is -0.385 e. The van der Waals surface area contributed by atoms with E-state index in [9.17, 15) is 0 Å². The van der Waals surface area contributed by atoms with Crippen LogP contribution >= 0.6 is 0 Å². The molecular formula is C12H26N2O. The molecule has 0 aromatic carbocycles. The van der Waals surface area contributed by atoms with Gasteiger partial charge in [-0.25, -0.2) is 0 Å². The lowest BCUT2D eigenvalue weighted by molar-refractivity contribution is 0.150. The fraction of sp³-hybridized carbons (Fsp3) is 1.00. The first kappa shape index (κ1) is 12.9. The molecule has 0 aliphatic heterocycles. The predicted octanol–water partition coefficient (Wildman–Crippen LogP) is 1.93. The number of rotatable bonds is 6. The van der Waals surface area contributed by atoms with Crippen molar-refractivity contribution in [1.29, 1.82) is 0 Å². The minimum atomic E-state index is 0.456. The van der Waals surface area contributed by atoms with Gasteiger partial charge in [-0.05, 0) is 30.6 Å². The molecule has 15 heavy (non-hydrogen) atoms. The van der Waals surface area contributed by atoms with E-state index in [-0.39, 0.29) is 0 Å². The van der Waals surface area contributed by atoms with Crippen molar-refractivity contribution in [2.24, 2.45) is 23.6 Å². The van der Waals surface area contributed by atoms with Gasteiger partial charge in [-0.15, -0.1) is 0 Å². The Morgan fingerprint density at radius 3 is 2.67 bits per heavy atom. The van der Waals surface area contributed by atoms with E-state index < -0.39 is 0 Å². The van der Waals surface area contributed by atoms with Gasteiger partial charge in [0.05, 0.1) is 0 Å². The number of nitrogens with two attached hydrogens (primary N) is 1. The van der Waals surface area contributed by atoms with E-state index in [1.54, 1.807) is 7.11 Å². The Hall–Kier alpha value is -0.120. The second-order valence-corrected chi connectivity index (χ2v) is 5.02. The molecule has 0 amide bonds. The molecule has 3 N–H and O–H groups in total. The van der Waals surface area contributed by atoms with Crippen LogP contribution in [0.1, 0.15) is 39.5 Å². The highest BCUT2D eigenvalue weighted by Crippen LogP contribution is 2.36. The van der Waals surface area contributed by atoms with Crippen LogP contribution in [0.25, 0.3) is 0 Å². The van der Waals surface area contributed by atoms with E-state index in [1.807, 2.05) is 0 Å². The first-order valence-electron chi connectivity index (χ1n) is 6.15. The summed E-state index contributed by atoms with van der Waals surface area (Å²) in [5.41, 5.74) is 3.03. The zero-order chi connectivity index (χ0) is 11.3. The van der Waals surface area contributed by atoms with E-state index in [0.717, 1.165) is 24.9 Å². The standard InChI is InChI=1S/C12H26N2O/c1-9-5-4-6-11(9)12(14-13)10(2)7-8-15-3/h9-12,14H,4-8,13H2,1-3H3. The van der Waals surface area contributed by atoms with Crippen molar-refractivity contribution in [2.75, 3.05) is 13.7 Å². The zero-order valence-electron chi connectivity index (χ0n) is 10.3. The van der Waals surface area contributed by atoms with Gasteiger partial charge in [-0.1, -0.05) is 26.7 Å². The molecule has 0 bridgehead atoms. The summed E-state index contributed by atoms with van der Waals surface area (Å²) in [7, 11) is 1.76. The van der Waals surface area contributed by atoms with Gasteiger partial charge in [-0.3, -0.25) is 11.3 Å². The van der Waals surface area contributed by atoms with Gasteiger partial charge in [0.25, 0.3) is 0 Å². The van der Waals surface area contributed by atoms with Crippen molar-refractivity contribution < 1.29 is 4.74 Å². The predicted molar refractivity (Wildman–Crippen MR) is 63.3 cm³/mol. The maximum atomic E-state index is 5.70. The quantitative estimate of drug-likeness (QED) is 0.524. The summed E-state index contributed by atoms with van der Waals surface area (Å²) >= 11 is 0. The van der Waals surface area contributed by atoms with Gasteiger partial charge in [0.15, 0.2) is 0 Å². The molecule has 0 spiro atoms. The van der Waals surface area contributed by atoms with Crippen LogP contribution in [0.2, 0.25) is 0 Å². The van der Waals surface area contributed by atoms with Gasteiger partial charge >= 0.3 is 0 Å². The summed E-state index contributed by atoms with van der Waals surface area (Å²) in [5, 5.41) is 0. The van der Waals surface area contributed by atoms with E-state index in [0.29, 0.717) is 12.0 Å².